The van der Waals surface area contributed by atoms with Gasteiger partial charge in [-0.3, -0.25) is 4.79 Å². The Balaban J connectivity index is 2.13. The van der Waals surface area contributed by atoms with Gasteiger partial charge < -0.3 is 15.4 Å². The lowest BCUT2D eigenvalue weighted by Crippen LogP contribution is -2.28. The van der Waals surface area contributed by atoms with Crippen molar-refractivity contribution in [2.75, 3.05) is 0 Å². The molecular formula is C13H12ClN3O3. The Hall–Kier alpha value is -2.34. The molecule has 1 aromatic heterocycles. The van der Waals surface area contributed by atoms with Crippen LogP contribution in [0.1, 0.15) is 39.5 Å². The van der Waals surface area contributed by atoms with Gasteiger partial charge in [0.05, 0.1) is 12.4 Å². The maximum atomic E-state index is 12.0. The Bertz CT molecular complexity index is 637. The number of nitrogens with zero attached hydrogens (tertiary/aromatic N) is 1. The Morgan fingerprint density at radius 3 is 2.60 bits per heavy atom. The molecule has 7 heteroatoms. The molecule has 1 unspecified atom stereocenters. The molecule has 6 nitrogen and oxygen atoms in total. The number of amides is 1. The minimum absolute atomic E-state index is 0.140. The standard InChI is InChI=1S/C13H12ClN3O3/c1-7(8-2-4-9(14)5-3-8)17-12(18)10-11(13(19)20)16-6-15-10/h2-7H,1H3,(H,15,16)(H,17,18)(H,19,20). The number of aromatic amines is 1. The predicted octanol–water partition coefficient (Wildman–Crippen LogP) is 2.25. The lowest BCUT2D eigenvalue weighted by Gasteiger charge is -2.13. The molecular weight excluding hydrogens is 282 g/mol. The minimum Gasteiger partial charge on any atom is -0.477 e. The fourth-order valence-electron chi connectivity index (χ4n) is 1.73. The fraction of sp³-hybridized carbons (Fsp3) is 0.154. The van der Waals surface area contributed by atoms with E-state index in [2.05, 4.69) is 15.3 Å². The summed E-state index contributed by atoms with van der Waals surface area (Å²) in [7, 11) is 0. The quantitative estimate of drug-likeness (QED) is 0.805. The second-order valence-corrected chi connectivity index (χ2v) is 4.61. The van der Waals surface area contributed by atoms with E-state index in [0.29, 0.717) is 5.02 Å². The van der Waals surface area contributed by atoms with Crippen LogP contribution in [0.15, 0.2) is 30.6 Å². The highest BCUT2D eigenvalue weighted by Gasteiger charge is 2.21. The van der Waals surface area contributed by atoms with Crippen molar-refractivity contribution in [1.29, 1.82) is 0 Å². The normalized spacial score (nSPS) is 11.9. The van der Waals surface area contributed by atoms with E-state index < -0.39 is 11.9 Å². The maximum Gasteiger partial charge on any atom is 0.354 e. The number of aromatic carboxylic acids is 1. The summed E-state index contributed by atoms with van der Waals surface area (Å²) in [4.78, 5) is 29.1. The largest absolute Gasteiger partial charge is 0.477 e. The van der Waals surface area contributed by atoms with Crippen LogP contribution in [0.3, 0.4) is 0 Å². The highest BCUT2D eigenvalue weighted by Crippen LogP contribution is 2.16. The molecule has 0 aliphatic heterocycles. The number of carbonyl (C=O) groups is 2. The van der Waals surface area contributed by atoms with Crippen LogP contribution in [0.5, 0.6) is 0 Å². The van der Waals surface area contributed by atoms with E-state index in [1.807, 2.05) is 0 Å². The van der Waals surface area contributed by atoms with Gasteiger partial charge in [0, 0.05) is 5.02 Å². The number of carboxylic acid groups (broad SMARTS) is 1. The first-order valence-corrected chi connectivity index (χ1v) is 6.20. The van der Waals surface area contributed by atoms with Gasteiger partial charge in [-0.15, -0.1) is 0 Å². The van der Waals surface area contributed by atoms with Crippen molar-refractivity contribution in [1.82, 2.24) is 15.3 Å². The van der Waals surface area contributed by atoms with Crippen molar-refractivity contribution in [2.24, 2.45) is 0 Å². The van der Waals surface area contributed by atoms with E-state index in [1.54, 1.807) is 31.2 Å². The van der Waals surface area contributed by atoms with Crippen LogP contribution in [0, 0.1) is 0 Å². The van der Waals surface area contributed by atoms with Crippen molar-refractivity contribution < 1.29 is 14.7 Å². The zero-order chi connectivity index (χ0) is 14.7. The summed E-state index contributed by atoms with van der Waals surface area (Å²) in [5.74, 6) is -1.78. The van der Waals surface area contributed by atoms with E-state index in [1.165, 1.54) is 6.33 Å². The molecule has 0 saturated carbocycles. The highest BCUT2D eigenvalue weighted by molar-refractivity contribution is 6.30. The van der Waals surface area contributed by atoms with E-state index in [-0.39, 0.29) is 17.4 Å². The number of hydrogen-bond acceptors (Lipinski definition) is 3. The summed E-state index contributed by atoms with van der Waals surface area (Å²) >= 11 is 5.79. The first kappa shape index (κ1) is 14.1. The van der Waals surface area contributed by atoms with Crippen LogP contribution in [-0.2, 0) is 0 Å². The highest BCUT2D eigenvalue weighted by atomic mass is 35.5. The summed E-state index contributed by atoms with van der Waals surface area (Å²) in [6.45, 7) is 1.79. The Morgan fingerprint density at radius 1 is 1.35 bits per heavy atom. The molecule has 0 aliphatic carbocycles. The van der Waals surface area contributed by atoms with E-state index in [0.717, 1.165) is 5.56 Å². The van der Waals surface area contributed by atoms with Gasteiger partial charge in [-0.1, -0.05) is 23.7 Å². The van der Waals surface area contributed by atoms with Crippen molar-refractivity contribution in [3.05, 3.63) is 52.6 Å². The number of nitrogens with one attached hydrogen (secondary N) is 2. The number of halogens is 1. The minimum atomic E-state index is -1.23. The Kier molecular flexibility index (Phi) is 4.05. The molecule has 3 N–H and O–H groups in total. The number of H-pyrrole nitrogens is 1. The van der Waals surface area contributed by atoms with Crippen LogP contribution in [0.25, 0.3) is 0 Å². The number of carboxylic acids is 1. The molecule has 2 rings (SSSR count). The summed E-state index contributed by atoms with van der Waals surface area (Å²) in [6.07, 6.45) is 1.17. The molecule has 1 amide bonds. The van der Waals surface area contributed by atoms with Crippen molar-refractivity contribution in [3.63, 3.8) is 0 Å². The second kappa shape index (κ2) is 5.75. The smallest absolute Gasteiger partial charge is 0.354 e. The van der Waals surface area contributed by atoms with Crippen molar-refractivity contribution in [2.45, 2.75) is 13.0 Å². The number of imidazole rings is 1. The van der Waals surface area contributed by atoms with Gasteiger partial charge in [0.15, 0.2) is 11.4 Å². The molecule has 2 aromatic rings. The number of aromatic nitrogens is 2. The SMILES string of the molecule is CC(NC(=O)c1nc[nH]c1C(=O)O)c1ccc(Cl)cc1. The first-order chi connectivity index (χ1) is 9.49. The predicted molar refractivity (Wildman–Crippen MR) is 72.9 cm³/mol. The zero-order valence-electron chi connectivity index (χ0n) is 10.6. The van der Waals surface area contributed by atoms with Gasteiger partial charge in [-0.25, -0.2) is 9.78 Å². The van der Waals surface area contributed by atoms with Crippen LogP contribution in [0.2, 0.25) is 5.02 Å². The Morgan fingerprint density at radius 2 is 2.00 bits per heavy atom. The molecule has 1 heterocycles. The van der Waals surface area contributed by atoms with Crippen LogP contribution >= 0.6 is 11.6 Å². The molecule has 20 heavy (non-hydrogen) atoms. The molecule has 1 atom stereocenters. The van der Waals surface area contributed by atoms with Gasteiger partial charge in [0.25, 0.3) is 5.91 Å². The first-order valence-electron chi connectivity index (χ1n) is 5.82. The number of rotatable bonds is 4. The Labute approximate surface area is 119 Å². The van der Waals surface area contributed by atoms with Crippen LogP contribution in [-0.4, -0.2) is 27.0 Å². The molecule has 0 spiro atoms. The summed E-state index contributed by atoms with van der Waals surface area (Å²) in [5, 5.41) is 12.2. The molecule has 0 aliphatic rings. The molecule has 1 aromatic carbocycles. The van der Waals surface area contributed by atoms with E-state index >= 15 is 0 Å². The van der Waals surface area contributed by atoms with Gasteiger partial charge in [-0.2, -0.15) is 0 Å². The third kappa shape index (κ3) is 2.97. The number of hydrogen-bond donors (Lipinski definition) is 3. The topological polar surface area (TPSA) is 95.1 Å². The monoisotopic (exact) mass is 293 g/mol. The van der Waals surface area contributed by atoms with Gasteiger partial charge in [0.2, 0.25) is 0 Å². The number of carbonyl (C=O) groups excluding carboxylic acids is 1. The van der Waals surface area contributed by atoms with Crippen LogP contribution < -0.4 is 5.32 Å². The third-order valence-electron chi connectivity index (χ3n) is 2.79. The van der Waals surface area contributed by atoms with Gasteiger partial charge >= 0.3 is 5.97 Å². The molecule has 0 radical (unpaired) electrons. The van der Waals surface area contributed by atoms with Crippen LogP contribution in [0.4, 0.5) is 0 Å². The van der Waals surface area contributed by atoms with E-state index in [9.17, 15) is 9.59 Å². The second-order valence-electron chi connectivity index (χ2n) is 4.18. The van der Waals surface area contributed by atoms with E-state index in [4.69, 9.17) is 16.7 Å². The fourth-order valence-corrected chi connectivity index (χ4v) is 1.86. The number of benzene rings is 1. The summed E-state index contributed by atoms with van der Waals surface area (Å²) < 4.78 is 0. The lowest BCUT2D eigenvalue weighted by atomic mass is 10.1. The average Bonchev–Trinajstić information content (AvgIpc) is 2.88. The summed E-state index contributed by atoms with van der Waals surface area (Å²) in [6, 6.07) is 6.72. The van der Waals surface area contributed by atoms with Gasteiger partial charge in [0.1, 0.15) is 0 Å². The maximum absolute atomic E-state index is 12.0. The average molecular weight is 294 g/mol. The summed E-state index contributed by atoms with van der Waals surface area (Å²) in [5.41, 5.74) is 0.485. The molecule has 0 fully saturated rings. The molecule has 0 saturated heterocycles. The lowest BCUT2D eigenvalue weighted by molar-refractivity contribution is 0.0684. The third-order valence-corrected chi connectivity index (χ3v) is 3.04. The molecule has 0 bridgehead atoms. The van der Waals surface area contributed by atoms with Crippen molar-refractivity contribution >= 4 is 23.5 Å². The zero-order valence-corrected chi connectivity index (χ0v) is 11.3. The van der Waals surface area contributed by atoms with Gasteiger partial charge in [-0.05, 0) is 24.6 Å². The molecule has 104 valence electrons. The van der Waals surface area contributed by atoms with Crippen molar-refractivity contribution in [3.8, 4) is 0 Å².